The molecule has 0 spiro atoms. The lowest BCUT2D eigenvalue weighted by atomic mass is 10.0. The Morgan fingerprint density at radius 3 is 2.58 bits per heavy atom. The number of hydrogen-bond acceptors (Lipinski definition) is 4. The average Bonchev–Trinajstić information content (AvgIpc) is 2.38. The van der Waals surface area contributed by atoms with E-state index in [0.29, 0.717) is 6.42 Å². The monoisotopic (exact) mass is 269 g/mol. The van der Waals surface area contributed by atoms with E-state index in [0.717, 1.165) is 5.56 Å². The Balaban J connectivity index is 2.45. The van der Waals surface area contributed by atoms with Crippen LogP contribution in [0.4, 0.5) is 4.39 Å². The van der Waals surface area contributed by atoms with Crippen LogP contribution in [0.15, 0.2) is 24.3 Å². The molecule has 0 saturated carbocycles. The molecule has 0 aromatic heterocycles. The number of nitrogens with one attached hydrogen (secondary N) is 1. The number of rotatable bonds is 6. The first-order valence-electron chi connectivity index (χ1n) is 6.14. The number of carbonyl (C=O) groups excluding carboxylic acids is 1. The van der Waals surface area contributed by atoms with Gasteiger partial charge in [-0.25, -0.2) is 9.18 Å². The van der Waals surface area contributed by atoms with Gasteiger partial charge in [-0.2, -0.15) is 0 Å². The van der Waals surface area contributed by atoms with Crippen LogP contribution < -0.4 is 5.32 Å². The van der Waals surface area contributed by atoms with Crippen molar-refractivity contribution in [3.05, 3.63) is 35.6 Å². The molecule has 1 rings (SSSR count). The largest absolute Gasteiger partial charge is 0.467 e. The molecule has 0 aliphatic rings. The lowest BCUT2D eigenvalue weighted by Gasteiger charge is -2.23. The molecule has 5 heteroatoms. The Hall–Kier alpha value is -1.46. The average molecular weight is 269 g/mol. The summed E-state index contributed by atoms with van der Waals surface area (Å²) >= 11 is 0. The first kappa shape index (κ1) is 15.6. The Labute approximate surface area is 112 Å². The molecule has 0 saturated heterocycles. The van der Waals surface area contributed by atoms with Crippen LogP contribution in [-0.2, 0) is 16.0 Å². The molecule has 106 valence electrons. The van der Waals surface area contributed by atoms with Crippen molar-refractivity contribution in [1.82, 2.24) is 5.32 Å². The summed E-state index contributed by atoms with van der Waals surface area (Å²) in [7, 11) is 1.23. The standard InChI is InChI=1S/C14H20FNO3/c1-10(8-11-4-6-12(15)7-5-11)16-9-14(2,18)13(17)19-3/h4-7,10,16,18H,8-9H2,1-3H3. The summed E-state index contributed by atoms with van der Waals surface area (Å²) in [6.45, 7) is 3.43. The lowest BCUT2D eigenvalue weighted by molar-refractivity contribution is -0.160. The highest BCUT2D eigenvalue weighted by Crippen LogP contribution is 2.08. The highest BCUT2D eigenvalue weighted by molar-refractivity contribution is 5.78. The Morgan fingerprint density at radius 2 is 2.05 bits per heavy atom. The molecule has 0 fully saturated rings. The molecule has 0 aliphatic carbocycles. The van der Waals surface area contributed by atoms with E-state index in [2.05, 4.69) is 10.1 Å². The fraction of sp³-hybridized carbons (Fsp3) is 0.500. The number of benzene rings is 1. The van der Waals surface area contributed by atoms with E-state index in [1.807, 2.05) is 6.92 Å². The Morgan fingerprint density at radius 1 is 1.47 bits per heavy atom. The molecule has 2 N–H and O–H groups in total. The third kappa shape index (κ3) is 4.96. The van der Waals surface area contributed by atoms with Crippen LogP contribution in [0.25, 0.3) is 0 Å². The number of aliphatic hydroxyl groups is 1. The van der Waals surface area contributed by atoms with Crippen molar-refractivity contribution in [1.29, 1.82) is 0 Å². The van der Waals surface area contributed by atoms with Crippen molar-refractivity contribution in [2.24, 2.45) is 0 Å². The van der Waals surface area contributed by atoms with Gasteiger partial charge in [-0.1, -0.05) is 12.1 Å². The quantitative estimate of drug-likeness (QED) is 0.764. The molecule has 1 aromatic rings. The van der Waals surface area contributed by atoms with Crippen molar-refractivity contribution in [3.63, 3.8) is 0 Å². The van der Waals surface area contributed by atoms with Crippen molar-refractivity contribution in [3.8, 4) is 0 Å². The van der Waals surface area contributed by atoms with Crippen LogP contribution in [0.1, 0.15) is 19.4 Å². The number of ether oxygens (including phenoxy) is 1. The normalized spacial score (nSPS) is 15.6. The van der Waals surface area contributed by atoms with E-state index >= 15 is 0 Å². The SMILES string of the molecule is COC(=O)C(C)(O)CNC(C)Cc1ccc(F)cc1. The molecule has 0 radical (unpaired) electrons. The number of esters is 1. The molecule has 1 aromatic carbocycles. The third-order valence-electron chi connectivity index (χ3n) is 2.88. The second-order valence-electron chi connectivity index (χ2n) is 4.88. The molecule has 0 amide bonds. The van der Waals surface area contributed by atoms with Gasteiger partial charge >= 0.3 is 5.97 Å². The first-order valence-corrected chi connectivity index (χ1v) is 6.14. The summed E-state index contributed by atoms with van der Waals surface area (Å²) < 4.78 is 17.3. The minimum absolute atomic E-state index is 0.0431. The maximum atomic E-state index is 12.8. The van der Waals surface area contributed by atoms with Crippen molar-refractivity contribution >= 4 is 5.97 Å². The van der Waals surface area contributed by atoms with Crippen LogP contribution in [0.3, 0.4) is 0 Å². The van der Waals surface area contributed by atoms with E-state index in [9.17, 15) is 14.3 Å². The molecule has 0 aliphatic heterocycles. The van der Waals surface area contributed by atoms with Crippen molar-refractivity contribution in [2.45, 2.75) is 31.9 Å². The van der Waals surface area contributed by atoms with Gasteiger partial charge in [0.1, 0.15) is 5.82 Å². The Kier molecular flexibility index (Phi) is 5.44. The van der Waals surface area contributed by atoms with Crippen LogP contribution in [0.5, 0.6) is 0 Å². The maximum Gasteiger partial charge on any atom is 0.338 e. The maximum absolute atomic E-state index is 12.8. The van der Waals surface area contributed by atoms with Crippen molar-refractivity contribution in [2.75, 3.05) is 13.7 Å². The van der Waals surface area contributed by atoms with Gasteiger partial charge in [-0.3, -0.25) is 0 Å². The number of halogens is 1. The molecule has 2 atom stereocenters. The van der Waals surface area contributed by atoms with E-state index < -0.39 is 11.6 Å². The molecule has 0 bridgehead atoms. The van der Waals surface area contributed by atoms with Crippen LogP contribution in [-0.4, -0.2) is 36.4 Å². The van der Waals surface area contributed by atoms with E-state index in [4.69, 9.17) is 0 Å². The number of hydrogen-bond donors (Lipinski definition) is 2. The van der Waals surface area contributed by atoms with E-state index in [1.54, 1.807) is 12.1 Å². The molecular weight excluding hydrogens is 249 g/mol. The summed E-state index contributed by atoms with van der Waals surface area (Å²) in [5.74, 6) is -0.938. The highest BCUT2D eigenvalue weighted by Gasteiger charge is 2.31. The minimum atomic E-state index is -1.55. The predicted octanol–water partition coefficient (Wildman–Crippen LogP) is 1.27. The van der Waals surface area contributed by atoms with Crippen molar-refractivity contribution < 1.29 is 19.0 Å². The fourth-order valence-corrected chi connectivity index (χ4v) is 1.71. The van der Waals surface area contributed by atoms with Gasteiger partial charge in [-0.05, 0) is 38.0 Å². The van der Waals surface area contributed by atoms with Gasteiger partial charge in [0.25, 0.3) is 0 Å². The van der Waals surface area contributed by atoms with Gasteiger partial charge in [0.15, 0.2) is 5.60 Å². The second kappa shape index (κ2) is 6.63. The summed E-state index contributed by atoms with van der Waals surface area (Å²) in [4.78, 5) is 11.3. The zero-order valence-electron chi connectivity index (χ0n) is 11.4. The minimum Gasteiger partial charge on any atom is -0.467 e. The van der Waals surface area contributed by atoms with Gasteiger partial charge in [0, 0.05) is 12.6 Å². The first-order chi connectivity index (χ1) is 8.85. The highest BCUT2D eigenvalue weighted by atomic mass is 19.1. The van der Waals surface area contributed by atoms with Gasteiger partial charge < -0.3 is 15.2 Å². The number of carbonyl (C=O) groups is 1. The summed E-state index contributed by atoms with van der Waals surface area (Å²) in [5, 5.41) is 12.9. The molecule has 4 nitrogen and oxygen atoms in total. The van der Waals surface area contributed by atoms with E-state index in [1.165, 1.54) is 26.2 Å². The summed E-state index contributed by atoms with van der Waals surface area (Å²) in [5.41, 5.74) is -0.565. The van der Waals surface area contributed by atoms with Gasteiger partial charge in [-0.15, -0.1) is 0 Å². The molecule has 19 heavy (non-hydrogen) atoms. The third-order valence-corrected chi connectivity index (χ3v) is 2.88. The second-order valence-corrected chi connectivity index (χ2v) is 4.88. The fourth-order valence-electron chi connectivity index (χ4n) is 1.71. The van der Waals surface area contributed by atoms with Crippen LogP contribution in [0.2, 0.25) is 0 Å². The van der Waals surface area contributed by atoms with Crippen LogP contribution in [0, 0.1) is 5.82 Å². The predicted molar refractivity (Wildman–Crippen MR) is 70.2 cm³/mol. The zero-order chi connectivity index (χ0) is 14.5. The summed E-state index contributed by atoms with van der Waals surface area (Å²) in [6.07, 6.45) is 0.678. The summed E-state index contributed by atoms with van der Waals surface area (Å²) in [6, 6.07) is 6.29. The zero-order valence-corrected chi connectivity index (χ0v) is 11.4. The smallest absolute Gasteiger partial charge is 0.338 e. The molecular formula is C14H20FNO3. The topological polar surface area (TPSA) is 58.6 Å². The number of methoxy groups -OCH3 is 1. The molecule has 0 heterocycles. The van der Waals surface area contributed by atoms with E-state index in [-0.39, 0.29) is 18.4 Å². The Bertz CT molecular complexity index is 417. The lowest BCUT2D eigenvalue weighted by Crippen LogP contribution is -2.48. The van der Waals surface area contributed by atoms with Crippen LogP contribution >= 0.6 is 0 Å². The van der Waals surface area contributed by atoms with Gasteiger partial charge in [0.05, 0.1) is 7.11 Å². The van der Waals surface area contributed by atoms with Gasteiger partial charge in [0.2, 0.25) is 0 Å². The molecule has 2 unspecified atom stereocenters.